The van der Waals surface area contributed by atoms with Crippen molar-refractivity contribution in [3.05, 3.63) is 70.0 Å². The van der Waals surface area contributed by atoms with Gasteiger partial charge in [-0.15, -0.1) is 0 Å². The molecule has 23 heavy (non-hydrogen) atoms. The van der Waals surface area contributed by atoms with E-state index in [0.29, 0.717) is 22.5 Å². The summed E-state index contributed by atoms with van der Waals surface area (Å²) in [6, 6.07) is 13.0. The summed E-state index contributed by atoms with van der Waals surface area (Å²) in [7, 11) is 1.95. The van der Waals surface area contributed by atoms with Crippen LogP contribution in [0.2, 0.25) is 5.02 Å². The molecule has 0 amide bonds. The maximum atomic E-state index is 12.6. The maximum absolute atomic E-state index is 12.6. The fourth-order valence-corrected chi connectivity index (χ4v) is 2.91. The van der Waals surface area contributed by atoms with Gasteiger partial charge in [0.25, 0.3) is 5.56 Å². The van der Waals surface area contributed by atoms with Gasteiger partial charge in [0.2, 0.25) is 0 Å². The summed E-state index contributed by atoms with van der Waals surface area (Å²) >= 11 is 5.99. The fraction of sp³-hybridized carbons (Fsp3) is 0.118. The number of aromatic nitrogens is 4. The number of hydrogen-bond donors (Lipinski definition) is 0. The number of para-hydroxylation sites is 2. The average molecular weight is 325 g/mol. The molecule has 4 aromatic rings. The first-order chi connectivity index (χ1) is 11.1. The van der Waals surface area contributed by atoms with Crippen molar-refractivity contribution in [2.45, 2.75) is 6.54 Å². The van der Waals surface area contributed by atoms with Gasteiger partial charge in [-0.3, -0.25) is 9.36 Å². The number of aryl methyl sites for hydroxylation is 1. The maximum Gasteiger partial charge on any atom is 0.261 e. The Morgan fingerprint density at radius 2 is 1.96 bits per heavy atom. The number of benzene rings is 2. The van der Waals surface area contributed by atoms with Gasteiger partial charge in [-0.2, -0.15) is 0 Å². The number of hydrogen-bond acceptors (Lipinski definition) is 3. The molecule has 0 aliphatic rings. The normalized spacial score (nSPS) is 11.4. The van der Waals surface area contributed by atoms with Crippen LogP contribution in [-0.2, 0) is 13.6 Å². The van der Waals surface area contributed by atoms with Crippen molar-refractivity contribution in [2.75, 3.05) is 0 Å². The summed E-state index contributed by atoms with van der Waals surface area (Å²) in [6.45, 7) is 0.361. The first-order valence-corrected chi connectivity index (χ1v) is 7.56. The molecule has 114 valence electrons. The van der Waals surface area contributed by atoms with Crippen LogP contribution in [0.15, 0.2) is 53.6 Å². The standard InChI is InChI=1S/C17H13ClN4O/c1-21-15-5-3-2-4-14(15)20-16(21)9-22-10-19-13-7-6-11(18)8-12(13)17(22)23/h2-8,10H,9H2,1H3. The second kappa shape index (κ2) is 5.21. The molecule has 6 heteroatoms. The Labute approximate surface area is 136 Å². The molecule has 0 aliphatic carbocycles. The Kier molecular flexibility index (Phi) is 3.16. The van der Waals surface area contributed by atoms with Gasteiger partial charge in [-0.1, -0.05) is 23.7 Å². The molecule has 0 saturated heterocycles. The first kappa shape index (κ1) is 14.0. The van der Waals surface area contributed by atoms with Crippen molar-refractivity contribution in [3.63, 3.8) is 0 Å². The van der Waals surface area contributed by atoms with Crippen molar-refractivity contribution in [2.24, 2.45) is 7.05 Å². The highest BCUT2D eigenvalue weighted by Gasteiger charge is 2.10. The topological polar surface area (TPSA) is 52.7 Å². The highest BCUT2D eigenvalue weighted by molar-refractivity contribution is 6.31. The van der Waals surface area contributed by atoms with E-state index in [2.05, 4.69) is 9.97 Å². The third-order valence-corrected chi connectivity index (χ3v) is 4.21. The van der Waals surface area contributed by atoms with Gasteiger partial charge in [0.05, 0.1) is 34.8 Å². The Morgan fingerprint density at radius 1 is 1.13 bits per heavy atom. The second-order valence-corrected chi connectivity index (χ2v) is 5.85. The summed E-state index contributed by atoms with van der Waals surface area (Å²) < 4.78 is 3.55. The Hall–Kier alpha value is -2.66. The van der Waals surface area contributed by atoms with Gasteiger partial charge >= 0.3 is 0 Å². The zero-order valence-electron chi connectivity index (χ0n) is 12.4. The molecule has 0 spiro atoms. The third kappa shape index (κ3) is 2.29. The van der Waals surface area contributed by atoms with Gasteiger partial charge in [0, 0.05) is 12.1 Å². The molecule has 2 heterocycles. The van der Waals surface area contributed by atoms with E-state index in [1.165, 1.54) is 0 Å². The van der Waals surface area contributed by atoms with E-state index in [1.807, 2.05) is 35.9 Å². The average Bonchev–Trinajstić information content (AvgIpc) is 2.87. The molecule has 0 unspecified atom stereocenters. The Bertz CT molecular complexity index is 1100. The van der Waals surface area contributed by atoms with Crippen molar-refractivity contribution in [3.8, 4) is 0 Å². The van der Waals surface area contributed by atoms with E-state index in [-0.39, 0.29) is 5.56 Å². The van der Waals surface area contributed by atoms with Gasteiger partial charge in [-0.25, -0.2) is 9.97 Å². The number of halogens is 1. The lowest BCUT2D eigenvalue weighted by atomic mass is 10.2. The lowest BCUT2D eigenvalue weighted by Gasteiger charge is -2.07. The Balaban J connectivity index is 1.84. The van der Waals surface area contributed by atoms with E-state index in [0.717, 1.165) is 16.9 Å². The molecule has 5 nitrogen and oxygen atoms in total. The molecule has 0 radical (unpaired) electrons. The summed E-state index contributed by atoms with van der Waals surface area (Å²) in [5.41, 5.74) is 2.47. The molecule has 2 aromatic heterocycles. The SMILES string of the molecule is Cn1c(Cn2cnc3ccc(Cl)cc3c2=O)nc2ccccc21. The minimum absolute atomic E-state index is 0.121. The molecular weight excluding hydrogens is 312 g/mol. The monoisotopic (exact) mass is 324 g/mol. The van der Waals surface area contributed by atoms with Crippen LogP contribution >= 0.6 is 11.6 Å². The van der Waals surface area contributed by atoms with Crippen LogP contribution in [0.3, 0.4) is 0 Å². The minimum Gasteiger partial charge on any atom is -0.330 e. The number of nitrogens with zero attached hydrogens (tertiary/aromatic N) is 4. The van der Waals surface area contributed by atoms with Crippen LogP contribution in [0.25, 0.3) is 21.9 Å². The lowest BCUT2D eigenvalue weighted by molar-refractivity contribution is 0.679. The minimum atomic E-state index is -0.121. The summed E-state index contributed by atoms with van der Waals surface area (Å²) in [6.07, 6.45) is 1.55. The van der Waals surface area contributed by atoms with Gasteiger partial charge in [0.1, 0.15) is 5.82 Å². The second-order valence-electron chi connectivity index (χ2n) is 5.41. The van der Waals surface area contributed by atoms with Crippen molar-refractivity contribution < 1.29 is 0 Å². The quantitative estimate of drug-likeness (QED) is 0.569. The predicted molar refractivity (Wildman–Crippen MR) is 90.8 cm³/mol. The van der Waals surface area contributed by atoms with Crippen LogP contribution in [-0.4, -0.2) is 19.1 Å². The summed E-state index contributed by atoms with van der Waals surface area (Å²) in [5.74, 6) is 0.802. The molecule has 0 aliphatic heterocycles. The van der Waals surface area contributed by atoms with Crippen molar-refractivity contribution in [1.29, 1.82) is 0 Å². The highest BCUT2D eigenvalue weighted by Crippen LogP contribution is 2.16. The largest absolute Gasteiger partial charge is 0.330 e. The van der Waals surface area contributed by atoms with Gasteiger partial charge < -0.3 is 4.57 Å². The van der Waals surface area contributed by atoms with Crippen LogP contribution < -0.4 is 5.56 Å². The molecule has 4 rings (SSSR count). The zero-order chi connectivity index (χ0) is 16.0. The van der Waals surface area contributed by atoms with E-state index < -0.39 is 0 Å². The number of imidazole rings is 1. The van der Waals surface area contributed by atoms with E-state index in [9.17, 15) is 4.79 Å². The highest BCUT2D eigenvalue weighted by atomic mass is 35.5. The van der Waals surface area contributed by atoms with Crippen molar-refractivity contribution >= 4 is 33.5 Å². The lowest BCUT2D eigenvalue weighted by Crippen LogP contribution is -2.22. The predicted octanol–water partition coefficient (Wildman–Crippen LogP) is 2.98. The third-order valence-electron chi connectivity index (χ3n) is 3.98. The van der Waals surface area contributed by atoms with E-state index in [4.69, 9.17) is 11.6 Å². The molecule has 0 atom stereocenters. The molecule has 2 aromatic carbocycles. The smallest absolute Gasteiger partial charge is 0.261 e. The number of fused-ring (bicyclic) bond motifs is 2. The molecule has 0 saturated carbocycles. The van der Waals surface area contributed by atoms with Crippen LogP contribution in [0.4, 0.5) is 0 Å². The number of rotatable bonds is 2. The van der Waals surface area contributed by atoms with Crippen molar-refractivity contribution in [1.82, 2.24) is 19.1 Å². The fourth-order valence-electron chi connectivity index (χ4n) is 2.73. The van der Waals surface area contributed by atoms with Crippen LogP contribution in [0.1, 0.15) is 5.82 Å². The first-order valence-electron chi connectivity index (χ1n) is 7.18. The van der Waals surface area contributed by atoms with E-state index in [1.54, 1.807) is 29.1 Å². The molecule has 0 bridgehead atoms. The molecule has 0 fully saturated rings. The summed E-state index contributed by atoms with van der Waals surface area (Å²) in [4.78, 5) is 21.6. The summed E-state index contributed by atoms with van der Waals surface area (Å²) in [5, 5.41) is 1.04. The van der Waals surface area contributed by atoms with Gasteiger partial charge in [0.15, 0.2) is 0 Å². The van der Waals surface area contributed by atoms with Gasteiger partial charge in [-0.05, 0) is 30.3 Å². The zero-order valence-corrected chi connectivity index (χ0v) is 13.2. The molecule has 0 N–H and O–H groups in total. The molecular formula is C17H13ClN4O. The van der Waals surface area contributed by atoms with Crippen LogP contribution in [0, 0.1) is 0 Å². The van der Waals surface area contributed by atoms with E-state index >= 15 is 0 Å². The van der Waals surface area contributed by atoms with Crippen LogP contribution in [0.5, 0.6) is 0 Å². The Morgan fingerprint density at radius 3 is 2.78 bits per heavy atom.